The van der Waals surface area contributed by atoms with Crippen LogP contribution < -0.4 is 0 Å². The number of aliphatic carboxylic acids is 1. The van der Waals surface area contributed by atoms with Crippen molar-refractivity contribution in [3.8, 4) is 0 Å². The molecule has 3 heteroatoms. The summed E-state index contributed by atoms with van der Waals surface area (Å²) in [5.74, 6) is -0.682. The molecule has 1 atom stereocenters. The van der Waals surface area contributed by atoms with E-state index in [9.17, 15) is 4.79 Å². The molecule has 0 fully saturated rings. The summed E-state index contributed by atoms with van der Waals surface area (Å²) in [7, 11) is 1.77. The van der Waals surface area contributed by atoms with E-state index in [0.717, 1.165) is 32.1 Å². The van der Waals surface area contributed by atoms with Crippen LogP contribution in [0.3, 0.4) is 0 Å². The highest BCUT2D eigenvalue weighted by Gasteiger charge is 2.00. The van der Waals surface area contributed by atoms with Gasteiger partial charge in [0, 0.05) is 13.5 Å². The maximum atomic E-state index is 10.4. The molecule has 22 heavy (non-hydrogen) atoms. The van der Waals surface area contributed by atoms with Crippen molar-refractivity contribution in [3.05, 3.63) is 24.3 Å². The number of unbranched alkanes of at least 4 members (excludes halogenated alkanes) is 7. The van der Waals surface area contributed by atoms with Gasteiger partial charge in [0.05, 0.1) is 6.10 Å². The minimum Gasteiger partial charge on any atom is -0.481 e. The van der Waals surface area contributed by atoms with E-state index in [0.29, 0.717) is 6.42 Å². The number of rotatable bonds is 15. The molecular formula is C19H34O3. The second-order valence-electron chi connectivity index (χ2n) is 5.78. The topological polar surface area (TPSA) is 46.5 Å². The minimum absolute atomic E-state index is 0.241. The van der Waals surface area contributed by atoms with E-state index >= 15 is 0 Å². The first kappa shape index (κ1) is 20.9. The van der Waals surface area contributed by atoms with Gasteiger partial charge in [0.1, 0.15) is 0 Å². The Hall–Kier alpha value is -1.09. The Bertz CT molecular complexity index is 308. The van der Waals surface area contributed by atoms with Gasteiger partial charge in [-0.2, -0.15) is 0 Å². The molecule has 0 aliphatic carbocycles. The van der Waals surface area contributed by atoms with E-state index in [1.54, 1.807) is 7.11 Å². The summed E-state index contributed by atoms with van der Waals surface area (Å²) in [4.78, 5) is 10.4. The lowest BCUT2D eigenvalue weighted by atomic mass is 10.1. The molecule has 0 aromatic carbocycles. The van der Waals surface area contributed by atoms with Crippen LogP contribution in [0.25, 0.3) is 0 Å². The molecule has 0 saturated carbocycles. The summed E-state index contributed by atoms with van der Waals surface area (Å²) in [6, 6.07) is 0. The number of hydrogen-bond donors (Lipinski definition) is 1. The molecule has 0 aliphatic heterocycles. The number of ether oxygens (including phenoxy) is 1. The first-order chi connectivity index (χ1) is 10.7. The fourth-order valence-corrected chi connectivity index (χ4v) is 2.32. The molecule has 0 aromatic rings. The predicted octanol–water partition coefficient (Wildman–Crippen LogP) is 5.51. The molecule has 1 N–H and O–H groups in total. The van der Waals surface area contributed by atoms with Crippen molar-refractivity contribution in [1.82, 2.24) is 0 Å². The van der Waals surface area contributed by atoms with Gasteiger partial charge in [-0.05, 0) is 25.7 Å². The number of hydrogen-bond acceptors (Lipinski definition) is 2. The van der Waals surface area contributed by atoms with E-state index in [1.807, 2.05) is 0 Å². The molecule has 0 unspecified atom stereocenters. The van der Waals surface area contributed by atoms with Crippen molar-refractivity contribution >= 4 is 5.97 Å². The maximum absolute atomic E-state index is 10.4. The Balaban J connectivity index is 3.51. The number of allylic oxidation sites excluding steroid dienone is 3. The molecule has 0 amide bonds. The van der Waals surface area contributed by atoms with Gasteiger partial charge in [-0.3, -0.25) is 4.79 Å². The third-order valence-corrected chi connectivity index (χ3v) is 3.73. The average molecular weight is 310 g/mol. The number of carbonyl (C=O) groups is 1. The standard InChI is InChI=1S/C19H34O3/c1-3-4-12-15-18(22-2)16-13-10-8-6-5-7-9-11-14-17-19(20)21/h8,10,13,16,18H,3-7,9,11-12,14-15,17H2,1-2H3,(H,20,21)/b10-8-,16-13+/t18-/m0/s1. The van der Waals surface area contributed by atoms with Gasteiger partial charge in [-0.25, -0.2) is 0 Å². The van der Waals surface area contributed by atoms with Crippen molar-refractivity contribution in [3.63, 3.8) is 0 Å². The molecule has 3 nitrogen and oxygen atoms in total. The van der Waals surface area contributed by atoms with Gasteiger partial charge >= 0.3 is 5.97 Å². The van der Waals surface area contributed by atoms with E-state index in [2.05, 4.69) is 31.2 Å². The van der Waals surface area contributed by atoms with Crippen LogP contribution in [0, 0.1) is 0 Å². The van der Waals surface area contributed by atoms with Gasteiger partial charge in [-0.15, -0.1) is 0 Å². The summed E-state index contributed by atoms with van der Waals surface area (Å²) in [5.41, 5.74) is 0. The molecular weight excluding hydrogens is 276 g/mol. The van der Waals surface area contributed by atoms with Crippen molar-refractivity contribution in [2.24, 2.45) is 0 Å². The predicted molar refractivity (Wildman–Crippen MR) is 93.2 cm³/mol. The first-order valence-corrected chi connectivity index (χ1v) is 8.78. The van der Waals surface area contributed by atoms with E-state index < -0.39 is 5.97 Å². The van der Waals surface area contributed by atoms with Crippen LogP contribution in [0.4, 0.5) is 0 Å². The van der Waals surface area contributed by atoms with Gasteiger partial charge in [0.2, 0.25) is 0 Å². The molecule has 0 bridgehead atoms. The Morgan fingerprint density at radius 2 is 1.77 bits per heavy atom. The average Bonchev–Trinajstić information content (AvgIpc) is 2.50. The van der Waals surface area contributed by atoms with Crippen molar-refractivity contribution < 1.29 is 14.6 Å². The summed E-state index contributed by atoms with van der Waals surface area (Å²) in [6.07, 6.45) is 20.4. The zero-order valence-electron chi connectivity index (χ0n) is 14.4. The van der Waals surface area contributed by atoms with Gasteiger partial charge < -0.3 is 9.84 Å². The van der Waals surface area contributed by atoms with Gasteiger partial charge in [0.25, 0.3) is 0 Å². The number of carboxylic acid groups (broad SMARTS) is 1. The first-order valence-electron chi connectivity index (χ1n) is 8.78. The summed E-state index contributed by atoms with van der Waals surface area (Å²) in [6.45, 7) is 2.21. The van der Waals surface area contributed by atoms with Crippen LogP contribution in [-0.2, 0) is 9.53 Å². The Labute approximate surface area is 136 Å². The SMILES string of the molecule is CCCCC[C@@H](/C=C/C=C\CCCCCCCC(=O)O)OC. The molecule has 0 rings (SSSR count). The highest BCUT2D eigenvalue weighted by Crippen LogP contribution is 2.09. The molecule has 0 radical (unpaired) electrons. The third-order valence-electron chi connectivity index (χ3n) is 3.73. The van der Waals surface area contributed by atoms with E-state index in [4.69, 9.17) is 9.84 Å². The van der Waals surface area contributed by atoms with Gasteiger partial charge in [0.15, 0.2) is 0 Å². The van der Waals surface area contributed by atoms with E-state index in [1.165, 1.54) is 32.1 Å². The van der Waals surface area contributed by atoms with Crippen molar-refractivity contribution in [1.29, 1.82) is 0 Å². The molecule has 0 spiro atoms. The third kappa shape index (κ3) is 15.3. The lowest BCUT2D eigenvalue weighted by Gasteiger charge is -2.09. The highest BCUT2D eigenvalue weighted by molar-refractivity contribution is 5.66. The fourth-order valence-electron chi connectivity index (χ4n) is 2.32. The smallest absolute Gasteiger partial charge is 0.303 e. The minimum atomic E-state index is -0.682. The Morgan fingerprint density at radius 1 is 1.05 bits per heavy atom. The lowest BCUT2D eigenvalue weighted by molar-refractivity contribution is -0.137. The second-order valence-corrected chi connectivity index (χ2v) is 5.78. The van der Waals surface area contributed by atoms with E-state index in [-0.39, 0.29) is 6.10 Å². The highest BCUT2D eigenvalue weighted by atomic mass is 16.5. The maximum Gasteiger partial charge on any atom is 0.303 e. The number of methoxy groups -OCH3 is 1. The van der Waals surface area contributed by atoms with Crippen LogP contribution in [0.15, 0.2) is 24.3 Å². The van der Waals surface area contributed by atoms with Crippen LogP contribution in [0.5, 0.6) is 0 Å². The van der Waals surface area contributed by atoms with Gasteiger partial charge in [-0.1, -0.05) is 69.8 Å². The zero-order valence-corrected chi connectivity index (χ0v) is 14.4. The zero-order chi connectivity index (χ0) is 16.5. The van der Waals surface area contributed by atoms with Crippen LogP contribution in [-0.4, -0.2) is 24.3 Å². The summed E-state index contributed by atoms with van der Waals surface area (Å²) in [5, 5.41) is 8.53. The van der Waals surface area contributed by atoms with Crippen molar-refractivity contribution in [2.75, 3.05) is 7.11 Å². The summed E-state index contributed by atoms with van der Waals surface area (Å²) >= 11 is 0. The normalized spacial score (nSPS) is 13.2. The fraction of sp³-hybridized carbons (Fsp3) is 0.737. The number of carboxylic acids is 1. The van der Waals surface area contributed by atoms with Crippen LogP contribution in [0.1, 0.15) is 77.6 Å². The molecule has 0 aliphatic rings. The van der Waals surface area contributed by atoms with Crippen molar-refractivity contribution in [2.45, 2.75) is 83.7 Å². The van der Waals surface area contributed by atoms with Crippen LogP contribution >= 0.6 is 0 Å². The van der Waals surface area contributed by atoms with Crippen LogP contribution in [0.2, 0.25) is 0 Å². The monoisotopic (exact) mass is 310 g/mol. The quantitative estimate of drug-likeness (QED) is 0.320. The molecule has 0 heterocycles. The largest absolute Gasteiger partial charge is 0.481 e. The lowest BCUT2D eigenvalue weighted by Crippen LogP contribution is -2.05. The Morgan fingerprint density at radius 3 is 2.45 bits per heavy atom. The molecule has 0 saturated heterocycles. The second kappa shape index (κ2) is 16.3. The Kier molecular flexibility index (Phi) is 15.5. The summed E-state index contributed by atoms with van der Waals surface area (Å²) < 4.78 is 5.43. The molecule has 0 aromatic heterocycles. The molecule has 128 valence electrons.